The van der Waals surface area contributed by atoms with E-state index in [1.165, 1.54) is 18.2 Å². The molecule has 4 nitrogen and oxygen atoms in total. The van der Waals surface area contributed by atoms with Crippen molar-refractivity contribution in [2.45, 2.75) is 18.7 Å². The molecule has 0 heterocycles. The maximum Gasteiger partial charge on any atom is 0.335 e. The van der Waals surface area contributed by atoms with Gasteiger partial charge in [0.15, 0.2) is 9.84 Å². The van der Waals surface area contributed by atoms with Crippen LogP contribution in [0.2, 0.25) is 0 Å². The van der Waals surface area contributed by atoms with Crippen molar-refractivity contribution >= 4 is 15.8 Å². The number of carbonyl (C=O) groups is 1. The Kier molecular flexibility index (Phi) is 3.72. The van der Waals surface area contributed by atoms with E-state index in [4.69, 9.17) is 5.11 Å². The average Bonchev–Trinajstić information content (AvgIpc) is 2.15. The summed E-state index contributed by atoms with van der Waals surface area (Å²) >= 11 is 0. The number of benzene rings is 1. The second kappa shape index (κ2) is 4.71. The fraction of sp³-hybridized carbons (Fsp3) is 0.250. The second-order valence-electron chi connectivity index (χ2n) is 4.00. The molecule has 0 aliphatic heterocycles. The molecule has 0 fully saturated rings. The quantitative estimate of drug-likeness (QED) is 0.835. The van der Waals surface area contributed by atoms with Crippen molar-refractivity contribution in [3.63, 3.8) is 0 Å². The maximum absolute atomic E-state index is 12.0. The molecule has 0 saturated carbocycles. The van der Waals surface area contributed by atoms with Crippen LogP contribution in [0.5, 0.6) is 0 Å². The molecule has 0 aliphatic carbocycles. The van der Waals surface area contributed by atoms with Gasteiger partial charge in [0.05, 0.1) is 16.2 Å². The molecule has 0 amide bonds. The van der Waals surface area contributed by atoms with Gasteiger partial charge in [-0.05, 0) is 31.5 Å². The summed E-state index contributed by atoms with van der Waals surface area (Å²) in [6, 6.07) is 4.07. The van der Waals surface area contributed by atoms with E-state index in [-0.39, 0.29) is 16.2 Å². The minimum atomic E-state index is -3.51. The van der Waals surface area contributed by atoms with Gasteiger partial charge in [0.2, 0.25) is 0 Å². The molecule has 0 atom stereocenters. The van der Waals surface area contributed by atoms with Crippen molar-refractivity contribution < 1.29 is 18.3 Å². The predicted molar refractivity (Wildman–Crippen MR) is 65.0 cm³/mol. The van der Waals surface area contributed by atoms with Crippen molar-refractivity contribution in [1.82, 2.24) is 0 Å². The van der Waals surface area contributed by atoms with Crippen LogP contribution in [0.15, 0.2) is 35.2 Å². The summed E-state index contributed by atoms with van der Waals surface area (Å²) in [5.74, 6) is -1.31. The van der Waals surface area contributed by atoms with E-state index in [1.807, 2.05) is 0 Å². The average molecular weight is 254 g/mol. The van der Waals surface area contributed by atoms with E-state index in [1.54, 1.807) is 13.8 Å². The molecule has 1 aromatic rings. The highest BCUT2D eigenvalue weighted by Crippen LogP contribution is 2.20. The monoisotopic (exact) mass is 254 g/mol. The normalized spacial score (nSPS) is 11.2. The number of hydrogen-bond acceptors (Lipinski definition) is 3. The zero-order valence-electron chi connectivity index (χ0n) is 9.73. The third kappa shape index (κ3) is 3.17. The van der Waals surface area contributed by atoms with Crippen molar-refractivity contribution in [2.75, 3.05) is 5.75 Å². The largest absolute Gasteiger partial charge is 0.478 e. The predicted octanol–water partition coefficient (Wildman–Crippen LogP) is 2.04. The van der Waals surface area contributed by atoms with Gasteiger partial charge in [-0.2, -0.15) is 0 Å². The summed E-state index contributed by atoms with van der Waals surface area (Å²) in [6.45, 7) is 6.81. The molecule has 0 aromatic heterocycles. The van der Waals surface area contributed by atoms with Crippen LogP contribution in [-0.2, 0) is 9.84 Å². The zero-order chi connectivity index (χ0) is 13.2. The van der Waals surface area contributed by atoms with Gasteiger partial charge in [0, 0.05) is 0 Å². The van der Waals surface area contributed by atoms with E-state index >= 15 is 0 Å². The molecule has 0 spiro atoms. The molecular formula is C12H14O4S. The SMILES string of the molecule is C=C(C)CS(=O)(=O)c1cc(C(=O)O)ccc1C. The molecule has 5 heteroatoms. The van der Waals surface area contributed by atoms with Crippen LogP contribution in [0.25, 0.3) is 0 Å². The Balaban J connectivity index is 3.35. The maximum atomic E-state index is 12.0. The van der Waals surface area contributed by atoms with Crippen LogP contribution in [-0.4, -0.2) is 25.2 Å². The Morgan fingerprint density at radius 2 is 2.00 bits per heavy atom. The van der Waals surface area contributed by atoms with Crippen molar-refractivity contribution in [3.05, 3.63) is 41.5 Å². The van der Waals surface area contributed by atoms with Gasteiger partial charge >= 0.3 is 5.97 Å². The van der Waals surface area contributed by atoms with Crippen LogP contribution in [0, 0.1) is 6.92 Å². The Hall–Kier alpha value is -1.62. The van der Waals surface area contributed by atoms with E-state index in [9.17, 15) is 13.2 Å². The Bertz CT molecular complexity index is 570. The topological polar surface area (TPSA) is 71.4 Å². The van der Waals surface area contributed by atoms with E-state index < -0.39 is 15.8 Å². The summed E-state index contributed by atoms with van der Waals surface area (Å²) in [5.41, 5.74) is 1.03. The van der Waals surface area contributed by atoms with E-state index in [2.05, 4.69) is 6.58 Å². The molecule has 1 rings (SSSR count). The number of hydrogen-bond donors (Lipinski definition) is 1. The number of carboxylic acid groups (broad SMARTS) is 1. The minimum absolute atomic E-state index is 0.0316. The number of aromatic carboxylic acids is 1. The molecular weight excluding hydrogens is 240 g/mol. The lowest BCUT2D eigenvalue weighted by Gasteiger charge is -2.08. The van der Waals surface area contributed by atoms with Crippen molar-refractivity contribution in [3.8, 4) is 0 Å². The summed E-state index contributed by atoms with van der Waals surface area (Å²) in [5, 5.41) is 8.84. The van der Waals surface area contributed by atoms with Gasteiger partial charge in [-0.1, -0.05) is 18.2 Å². The van der Waals surface area contributed by atoms with Crippen LogP contribution >= 0.6 is 0 Å². The molecule has 0 bridgehead atoms. The van der Waals surface area contributed by atoms with Gasteiger partial charge in [-0.15, -0.1) is 0 Å². The van der Waals surface area contributed by atoms with Crippen LogP contribution in [0.4, 0.5) is 0 Å². The molecule has 17 heavy (non-hydrogen) atoms. The number of carboxylic acids is 1. The fourth-order valence-electron chi connectivity index (χ4n) is 1.47. The molecule has 0 unspecified atom stereocenters. The van der Waals surface area contributed by atoms with Gasteiger partial charge in [-0.3, -0.25) is 0 Å². The van der Waals surface area contributed by atoms with Gasteiger partial charge in [-0.25, -0.2) is 13.2 Å². The van der Waals surface area contributed by atoms with Gasteiger partial charge in [0.25, 0.3) is 0 Å². The first kappa shape index (κ1) is 13.4. The van der Waals surface area contributed by atoms with Crippen LogP contribution in [0.1, 0.15) is 22.8 Å². The summed E-state index contributed by atoms with van der Waals surface area (Å²) in [7, 11) is -3.51. The summed E-state index contributed by atoms with van der Waals surface area (Å²) in [4.78, 5) is 10.9. The number of aryl methyl sites for hydroxylation is 1. The van der Waals surface area contributed by atoms with Crippen molar-refractivity contribution in [1.29, 1.82) is 0 Å². The molecule has 1 N–H and O–H groups in total. The summed E-state index contributed by atoms with van der Waals surface area (Å²) in [6.07, 6.45) is 0. The standard InChI is InChI=1S/C12H14O4S/c1-8(2)7-17(15,16)11-6-10(12(13)14)5-4-9(11)3/h4-6H,1,7H2,2-3H3,(H,13,14). The lowest BCUT2D eigenvalue weighted by molar-refractivity contribution is 0.0696. The first-order chi connectivity index (χ1) is 7.74. The fourth-order valence-corrected chi connectivity index (χ4v) is 3.14. The molecule has 0 aliphatic rings. The zero-order valence-corrected chi connectivity index (χ0v) is 10.5. The highest BCUT2D eigenvalue weighted by molar-refractivity contribution is 7.91. The molecule has 0 saturated heterocycles. The lowest BCUT2D eigenvalue weighted by Crippen LogP contribution is -2.10. The summed E-state index contributed by atoms with van der Waals surface area (Å²) < 4.78 is 24.0. The first-order valence-corrected chi connectivity index (χ1v) is 6.60. The Morgan fingerprint density at radius 3 is 2.47 bits per heavy atom. The highest BCUT2D eigenvalue weighted by Gasteiger charge is 2.19. The number of rotatable bonds is 4. The number of sulfone groups is 1. The molecule has 1 aromatic carbocycles. The lowest BCUT2D eigenvalue weighted by atomic mass is 10.1. The minimum Gasteiger partial charge on any atom is -0.478 e. The van der Waals surface area contributed by atoms with Crippen LogP contribution < -0.4 is 0 Å². The van der Waals surface area contributed by atoms with Crippen LogP contribution in [0.3, 0.4) is 0 Å². The van der Waals surface area contributed by atoms with Gasteiger partial charge < -0.3 is 5.11 Å². The Labute approximate surface area is 101 Å². The third-order valence-corrected chi connectivity index (χ3v) is 4.19. The molecule has 92 valence electrons. The van der Waals surface area contributed by atoms with E-state index in [0.29, 0.717) is 11.1 Å². The van der Waals surface area contributed by atoms with Gasteiger partial charge in [0.1, 0.15) is 0 Å². The molecule has 0 radical (unpaired) electrons. The second-order valence-corrected chi connectivity index (χ2v) is 5.96. The Morgan fingerprint density at radius 1 is 1.41 bits per heavy atom. The smallest absolute Gasteiger partial charge is 0.335 e. The highest BCUT2D eigenvalue weighted by atomic mass is 32.2. The first-order valence-electron chi connectivity index (χ1n) is 4.95. The third-order valence-electron chi connectivity index (χ3n) is 2.21. The van der Waals surface area contributed by atoms with Crippen molar-refractivity contribution in [2.24, 2.45) is 0 Å². The van der Waals surface area contributed by atoms with E-state index in [0.717, 1.165) is 0 Å².